The number of hydrogen-bond donors (Lipinski definition) is 1. The van der Waals surface area contributed by atoms with Gasteiger partial charge in [-0.25, -0.2) is 4.79 Å². The van der Waals surface area contributed by atoms with Gasteiger partial charge in [-0.2, -0.15) is 0 Å². The van der Waals surface area contributed by atoms with Crippen LogP contribution in [0.15, 0.2) is 120 Å². The topological polar surface area (TPSA) is 75.7 Å². The summed E-state index contributed by atoms with van der Waals surface area (Å²) in [6.07, 6.45) is 0.849. The number of rotatable bonds is 10. The zero-order valence-electron chi connectivity index (χ0n) is 25.5. The van der Waals surface area contributed by atoms with Crippen LogP contribution < -0.4 is 5.32 Å². The Hall–Kier alpha value is -4.97. The number of carbonyl (C=O) groups is 3. The molecule has 0 bridgehead atoms. The summed E-state index contributed by atoms with van der Waals surface area (Å²) in [4.78, 5) is 41.6. The van der Waals surface area contributed by atoms with E-state index in [1.54, 1.807) is 24.0 Å². The van der Waals surface area contributed by atoms with Crippen molar-refractivity contribution in [3.05, 3.63) is 154 Å². The molecule has 0 fully saturated rings. The van der Waals surface area contributed by atoms with E-state index in [2.05, 4.69) is 17.4 Å². The first kappa shape index (κ1) is 30.5. The lowest BCUT2D eigenvalue weighted by molar-refractivity contribution is -0.140. The first-order valence-corrected chi connectivity index (χ1v) is 15.1. The van der Waals surface area contributed by atoms with Crippen LogP contribution in [0.3, 0.4) is 0 Å². The highest BCUT2D eigenvalue weighted by atomic mass is 16.5. The normalized spacial score (nSPS) is 15.6. The SMILES string of the molecule is CCOC(=O)C1=C(C)N(Cc2ccc(C(=O)NC(Cc3ccccc3)c3ccccc3)cc2)C(=O)CC1c1cccc(C)c1. The molecule has 1 aliphatic rings. The number of amides is 2. The Morgan fingerprint density at radius 3 is 2.20 bits per heavy atom. The van der Waals surface area contributed by atoms with Crippen molar-refractivity contribution in [3.8, 4) is 0 Å². The molecule has 0 radical (unpaired) electrons. The van der Waals surface area contributed by atoms with E-state index in [1.807, 2.05) is 98.8 Å². The average Bonchev–Trinajstić information content (AvgIpc) is 3.03. The van der Waals surface area contributed by atoms with Gasteiger partial charge in [-0.05, 0) is 61.6 Å². The molecule has 2 atom stereocenters. The third kappa shape index (κ3) is 7.14. The second-order valence-electron chi connectivity index (χ2n) is 11.2. The van der Waals surface area contributed by atoms with Gasteiger partial charge in [0.25, 0.3) is 5.91 Å². The molecule has 2 amide bonds. The van der Waals surface area contributed by atoms with Crippen LogP contribution in [-0.2, 0) is 27.3 Å². The molecule has 0 aromatic heterocycles. The van der Waals surface area contributed by atoms with Crippen molar-refractivity contribution in [1.82, 2.24) is 10.2 Å². The maximum Gasteiger partial charge on any atom is 0.336 e. The third-order valence-corrected chi connectivity index (χ3v) is 8.11. The van der Waals surface area contributed by atoms with E-state index in [0.29, 0.717) is 23.3 Å². The van der Waals surface area contributed by atoms with Gasteiger partial charge in [0.2, 0.25) is 5.91 Å². The van der Waals surface area contributed by atoms with Gasteiger partial charge >= 0.3 is 5.97 Å². The zero-order valence-corrected chi connectivity index (χ0v) is 25.5. The van der Waals surface area contributed by atoms with Crippen LogP contribution in [0.5, 0.6) is 0 Å². The molecule has 6 heteroatoms. The van der Waals surface area contributed by atoms with Crippen LogP contribution in [0, 0.1) is 6.92 Å². The molecule has 1 N–H and O–H groups in total. The van der Waals surface area contributed by atoms with E-state index in [9.17, 15) is 14.4 Å². The Morgan fingerprint density at radius 2 is 1.55 bits per heavy atom. The van der Waals surface area contributed by atoms with Crippen LogP contribution in [0.1, 0.15) is 70.4 Å². The number of nitrogens with one attached hydrogen (secondary N) is 1. The van der Waals surface area contributed by atoms with Crippen molar-refractivity contribution in [2.75, 3.05) is 6.61 Å². The molecule has 1 aliphatic heterocycles. The number of benzene rings is 4. The van der Waals surface area contributed by atoms with Crippen LogP contribution in [0.25, 0.3) is 0 Å². The van der Waals surface area contributed by atoms with Crippen LogP contribution in [0.4, 0.5) is 0 Å². The average molecular weight is 587 g/mol. The number of carbonyl (C=O) groups excluding carboxylic acids is 3. The highest BCUT2D eigenvalue weighted by Gasteiger charge is 2.37. The third-order valence-electron chi connectivity index (χ3n) is 8.11. The molecule has 1 heterocycles. The molecule has 4 aromatic rings. The van der Waals surface area contributed by atoms with Gasteiger partial charge in [-0.3, -0.25) is 9.59 Å². The maximum absolute atomic E-state index is 13.5. The van der Waals surface area contributed by atoms with Crippen molar-refractivity contribution in [2.24, 2.45) is 0 Å². The lowest BCUT2D eigenvalue weighted by Gasteiger charge is -2.34. The summed E-state index contributed by atoms with van der Waals surface area (Å²) in [5.74, 6) is -0.991. The lowest BCUT2D eigenvalue weighted by atomic mass is 9.83. The zero-order chi connectivity index (χ0) is 31.1. The van der Waals surface area contributed by atoms with Gasteiger partial charge in [0.05, 0.1) is 24.8 Å². The first-order valence-electron chi connectivity index (χ1n) is 15.1. The molecule has 44 heavy (non-hydrogen) atoms. The fourth-order valence-electron chi connectivity index (χ4n) is 5.82. The molecule has 6 nitrogen and oxygen atoms in total. The highest BCUT2D eigenvalue weighted by Crippen LogP contribution is 2.38. The highest BCUT2D eigenvalue weighted by molar-refractivity contribution is 5.96. The van der Waals surface area contributed by atoms with E-state index < -0.39 is 5.97 Å². The summed E-state index contributed by atoms with van der Waals surface area (Å²) in [5, 5.41) is 3.21. The number of nitrogens with zero attached hydrogens (tertiary/aromatic N) is 1. The molecular weight excluding hydrogens is 548 g/mol. The number of ether oxygens (including phenoxy) is 1. The standard InChI is InChI=1S/C38H38N2O4/c1-4-44-38(43)36-27(3)40(35(41)24-33(36)32-17-11-12-26(2)22-32)25-29-18-20-31(21-19-29)37(42)39-34(30-15-9-6-10-16-30)23-28-13-7-5-8-14-28/h5-22,33-34H,4,23-25H2,1-3H3,(H,39,42). The van der Waals surface area contributed by atoms with Crippen molar-refractivity contribution < 1.29 is 19.1 Å². The second-order valence-corrected chi connectivity index (χ2v) is 11.2. The fourth-order valence-corrected chi connectivity index (χ4v) is 5.82. The number of allylic oxidation sites excluding steroid dienone is 1. The van der Waals surface area contributed by atoms with Gasteiger partial charge in [-0.15, -0.1) is 0 Å². The largest absolute Gasteiger partial charge is 0.463 e. The Kier molecular flexibility index (Phi) is 9.70. The van der Waals surface area contributed by atoms with E-state index in [1.165, 1.54) is 0 Å². The molecule has 0 spiro atoms. The minimum Gasteiger partial charge on any atom is -0.463 e. The molecule has 0 aliphatic carbocycles. The molecular formula is C38H38N2O4. The number of aryl methyl sites for hydroxylation is 1. The quantitative estimate of drug-likeness (QED) is 0.202. The van der Waals surface area contributed by atoms with Crippen molar-refractivity contribution in [1.29, 1.82) is 0 Å². The Labute approximate surface area is 259 Å². The van der Waals surface area contributed by atoms with E-state index in [4.69, 9.17) is 4.74 Å². The van der Waals surface area contributed by atoms with Gasteiger partial charge in [0, 0.05) is 23.6 Å². The summed E-state index contributed by atoms with van der Waals surface area (Å²) in [5.41, 5.74) is 6.67. The fraction of sp³-hybridized carbons (Fsp3) is 0.237. The monoisotopic (exact) mass is 586 g/mol. The minimum absolute atomic E-state index is 0.0597. The van der Waals surface area contributed by atoms with E-state index in [0.717, 1.165) is 27.8 Å². The van der Waals surface area contributed by atoms with Crippen LogP contribution >= 0.6 is 0 Å². The van der Waals surface area contributed by atoms with Gasteiger partial charge in [0.15, 0.2) is 0 Å². The summed E-state index contributed by atoms with van der Waals surface area (Å²) < 4.78 is 5.43. The van der Waals surface area contributed by atoms with Crippen molar-refractivity contribution in [2.45, 2.75) is 52.1 Å². The predicted molar refractivity (Wildman–Crippen MR) is 172 cm³/mol. The maximum atomic E-state index is 13.5. The van der Waals surface area contributed by atoms with Gasteiger partial charge in [-0.1, -0.05) is 103 Å². The van der Waals surface area contributed by atoms with E-state index >= 15 is 0 Å². The van der Waals surface area contributed by atoms with Gasteiger partial charge < -0.3 is 15.0 Å². The number of hydrogen-bond acceptors (Lipinski definition) is 4. The van der Waals surface area contributed by atoms with Crippen molar-refractivity contribution in [3.63, 3.8) is 0 Å². The molecule has 2 unspecified atom stereocenters. The smallest absolute Gasteiger partial charge is 0.336 e. The molecule has 0 saturated carbocycles. The summed E-state index contributed by atoms with van der Waals surface area (Å²) in [7, 11) is 0. The second kappa shape index (κ2) is 14.0. The predicted octanol–water partition coefficient (Wildman–Crippen LogP) is 7.06. The van der Waals surface area contributed by atoms with Crippen molar-refractivity contribution >= 4 is 17.8 Å². The molecule has 224 valence electrons. The Balaban J connectivity index is 1.34. The van der Waals surface area contributed by atoms with Crippen LogP contribution in [0.2, 0.25) is 0 Å². The minimum atomic E-state index is -0.399. The van der Waals surface area contributed by atoms with Gasteiger partial charge in [0.1, 0.15) is 0 Å². The summed E-state index contributed by atoms with van der Waals surface area (Å²) in [6, 6.07) is 35.1. The molecule has 5 rings (SSSR count). The number of esters is 1. The first-order chi connectivity index (χ1) is 21.3. The Bertz CT molecular complexity index is 1650. The Morgan fingerprint density at radius 1 is 0.864 bits per heavy atom. The van der Waals surface area contributed by atoms with Crippen LogP contribution in [-0.4, -0.2) is 29.3 Å². The summed E-state index contributed by atoms with van der Waals surface area (Å²) >= 11 is 0. The molecule has 4 aromatic carbocycles. The molecule has 0 saturated heterocycles. The lowest BCUT2D eigenvalue weighted by Crippen LogP contribution is -2.38. The van der Waals surface area contributed by atoms with E-state index in [-0.39, 0.29) is 43.3 Å². The summed E-state index contributed by atoms with van der Waals surface area (Å²) in [6.45, 7) is 6.13.